The molecule has 1 fully saturated rings. The van der Waals surface area contributed by atoms with Crippen LogP contribution < -0.4 is 0 Å². The average Bonchev–Trinajstić information content (AvgIpc) is 3.48. The number of thioether (sulfide) groups is 1. The number of cyclic esters (lactones) is 1. The van der Waals surface area contributed by atoms with Crippen LogP contribution in [0.3, 0.4) is 0 Å². The van der Waals surface area contributed by atoms with Crippen molar-refractivity contribution >= 4 is 47.0 Å². The molecule has 1 aromatic carbocycles. The van der Waals surface area contributed by atoms with Gasteiger partial charge >= 0.3 is 11.9 Å². The van der Waals surface area contributed by atoms with Gasteiger partial charge in [-0.3, -0.25) is 4.79 Å². The van der Waals surface area contributed by atoms with Crippen molar-refractivity contribution in [2.24, 2.45) is 11.8 Å². The van der Waals surface area contributed by atoms with Gasteiger partial charge in [0.25, 0.3) is 6.29 Å². The number of carbonyl (C=O) groups is 3. The summed E-state index contributed by atoms with van der Waals surface area (Å²) in [5.41, 5.74) is 3.05. The molecule has 2 aromatic rings. The van der Waals surface area contributed by atoms with Gasteiger partial charge < -0.3 is 24.6 Å². The molecule has 182 valence electrons. The summed E-state index contributed by atoms with van der Waals surface area (Å²) in [4.78, 5) is 45.3. The molecule has 5 atom stereocenters. The molecule has 4 heterocycles. The van der Waals surface area contributed by atoms with E-state index in [0.717, 1.165) is 4.88 Å². The Bertz CT molecular complexity index is 1270. The maximum Gasteiger partial charge on any atom is 0.359 e. The highest BCUT2D eigenvalue weighted by molar-refractivity contribution is 8.06. The summed E-state index contributed by atoms with van der Waals surface area (Å²) in [5.74, 6) is -2.57. The van der Waals surface area contributed by atoms with E-state index >= 15 is 0 Å². The number of esters is 2. The summed E-state index contributed by atoms with van der Waals surface area (Å²) in [6, 6.07) is 6.27. The Morgan fingerprint density at radius 1 is 1.37 bits per heavy atom. The summed E-state index contributed by atoms with van der Waals surface area (Å²) < 4.78 is 10.8. The van der Waals surface area contributed by atoms with Crippen LogP contribution in [-0.2, 0) is 25.7 Å². The Labute approximate surface area is 209 Å². The summed E-state index contributed by atoms with van der Waals surface area (Å²) >= 11 is 2.64. The van der Waals surface area contributed by atoms with Gasteiger partial charge in [0, 0.05) is 16.4 Å². The fourth-order valence-corrected chi connectivity index (χ4v) is 6.50. The van der Waals surface area contributed by atoms with Crippen LogP contribution in [0, 0.1) is 11.8 Å². The second-order valence-electron chi connectivity index (χ2n) is 8.44. The van der Waals surface area contributed by atoms with Gasteiger partial charge in [-0.15, -0.1) is 11.3 Å². The number of ether oxygens (including phenoxy) is 2. The number of fused-ring (bicyclic) bond motifs is 2. The second kappa shape index (κ2) is 9.23. The van der Waals surface area contributed by atoms with Gasteiger partial charge in [0.05, 0.1) is 46.3 Å². The van der Waals surface area contributed by atoms with E-state index in [0.29, 0.717) is 21.7 Å². The molecular weight excluding hydrogens is 492 g/mol. The van der Waals surface area contributed by atoms with Crippen LogP contribution >= 0.6 is 23.1 Å². The standard InChI is InChI=1S/C24H22N2O7S2/c1-11-18-17(12(2)28)21(29)26(18)19(20(11)34-8-7-16-15(9-27)25-10-35-16)23(31)33-24-14-6-4-3-5-13(14)22(30)32-24/h3-8,10-12,17-18,24,27-28H,9H2,1-2H3/t11?,12-,17-,18+,24?/m1/s1. The Balaban J connectivity index is 1.44. The predicted octanol–water partition coefficient (Wildman–Crippen LogP) is 2.82. The lowest BCUT2D eigenvalue weighted by molar-refractivity contribution is -0.173. The molecule has 3 aliphatic heterocycles. The third-order valence-electron chi connectivity index (χ3n) is 6.40. The molecule has 0 spiro atoms. The maximum absolute atomic E-state index is 13.4. The Morgan fingerprint density at radius 2 is 2.14 bits per heavy atom. The van der Waals surface area contributed by atoms with E-state index in [1.54, 1.807) is 48.2 Å². The molecule has 9 nitrogen and oxygen atoms in total. The maximum atomic E-state index is 13.4. The SMILES string of the molecule is CC1C(SC=Cc2scnc2CO)=C(C(=O)OC2OC(=O)c3ccccc32)N2C(=O)[C@H]([C@@H](C)O)[C@H]12. The minimum absolute atomic E-state index is 0.0890. The van der Waals surface area contributed by atoms with Gasteiger partial charge in [-0.1, -0.05) is 36.9 Å². The van der Waals surface area contributed by atoms with E-state index in [9.17, 15) is 24.6 Å². The van der Waals surface area contributed by atoms with Crippen LogP contribution in [0.15, 0.2) is 45.8 Å². The molecule has 2 N–H and O–H groups in total. The minimum atomic E-state index is -1.21. The number of nitrogens with zero attached hydrogens (tertiary/aromatic N) is 2. The van der Waals surface area contributed by atoms with Crippen molar-refractivity contribution in [1.29, 1.82) is 0 Å². The third-order valence-corrected chi connectivity index (χ3v) is 8.33. The predicted molar refractivity (Wildman–Crippen MR) is 127 cm³/mol. The van der Waals surface area contributed by atoms with Crippen molar-refractivity contribution in [1.82, 2.24) is 9.88 Å². The van der Waals surface area contributed by atoms with Gasteiger partial charge in [0.1, 0.15) is 5.70 Å². The lowest BCUT2D eigenvalue weighted by Gasteiger charge is -2.46. The molecule has 11 heteroatoms. The summed E-state index contributed by atoms with van der Waals surface area (Å²) in [7, 11) is 0. The molecule has 0 aliphatic carbocycles. The fourth-order valence-electron chi connectivity index (χ4n) is 4.72. The Hall–Kier alpha value is -2.99. The number of amides is 1. The molecule has 3 aliphatic rings. The molecule has 0 saturated carbocycles. The molecule has 1 aromatic heterocycles. The van der Waals surface area contributed by atoms with Gasteiger partial charge in [-0.05, 0) is 24.5 Å². The minimum Gasteiger partial charge on any atom is -0.417 e. The zero-order valence-corrected chi connectivity index (χ0v) is 20.4. The number of aromatic nitrogens is 1. The molecule has 1 amide bonds. The summed E-state index contributed by atoms with van der Waals surface area (Å²) in [6.07, 6.45) is -0.284. The number of aliphatic hydroxyl groups is 2. The van der Waals surface area contributed by atoms with E-state index < -0.39 is 30.3 Å². The van der Waals surface area contributed by atoms with Crippen LogP contribution in [0.2, 0.25) is 0 Å². The number of carbonyl (C=O) groups excluding carboxylic acids is 3. The van der Waals surface area contributed by atoms with Crippen molar-refractivity contribution < 1.29 is 34.1 Å². The number of β-lactam (4-membered cyclic amide) rings is 1. The number of hydrogen-bond acceptors (Lipinski definition) is 10. The summed E-state index contributed by atoms with van der Waals surface area (Å²) in [5, 5.41) is 21.3. The van der Waals surface area contributed by atoms with Crippen molar-refractivity contribution in [2.75, 3.05) is 0 Å². The third kappa shape index (κ3) is 3.88. The first kappa shape index (κ1) is 23.7. The molecule has 2 unspecified atom stereocenters. The Morgan fingerprint density at radius 3 is 2.89 bits per heavy atom. The molecule has 0 bridgehead atoms. The van der Waals surface area contributed by atoms with Gasteiger partial charge in [0.2, 0.25) is 5.91 Å². The van der Waals surface area contributed by atoms with Crippen molar-refractivity contribution in [3.63, 3.8) is 0 Å². The first-order valence-electron chi connectivity index (χ1n) is 11.0. The van der Waals surface area contributed by atoms with E-state index in [2.05, 4.69) is 4.98 Å². The van der Waals surface area contributed by atoms with Crippen molar-refractivity contribution in [2.45, 2.75) is 38.9 Å². The highest BCUT2D eigenvalue weighted by Crippen LogP contribution is 2.51. The first-order chi connectivity index (χ1) is 16.8. The molecule has 5 rings (SSSR count). The van der Waals surface area contributed by atoms with Gasteiger partial charge in [-0.2, -0.15) is 0 Å². The quantitative estimate of drug-likeness (QED) is 0.424. The van der Waals surface area contributed by atoms with Crippen LogP contribution in [0.1, 0.15) is 46.6 Å². The zero-order valence-electron chi connectivity index (χ0n) is 18.8. The monoisotopic (exact) mass is 514 g/mol. The molecule has 35 heavy (non-hydrogen) atoms. The molecule has 1 saturated heterocycles. The summed E-state index contributed by atoms with van der Waals surface area (Å²) in [6.45, 7) is 3.27. The average molecular weight is 515 g/mol. The van der Waals surface area contributed by atoms with Crippen LogP contribution in [0.4, 0.5) is 0 Å². The number of aliphatic hydroxyl groups excluding tert-OH is 2. The van der Waals surface area contributed by atoms with E-state index in [1.807, 2.05) is 6.92 Å². The smallest absolute Gasteiger partial charge is 0.359 e. The highest BCUT2D eigenvalue weighted by atomic mass is 32.2. The fraction of sp³-hybridized carbons (Fsp3) is 0.333. The van der Waals surface area contributed by atoms with Crippen molar-refractivity contribution in [3.05, 3.63) is 67.5 Å². The van der Waals surface area contributed by atoms with Gasteiger partial charge in [0.15, 0.2) is 0 Å². The molecule has 0 radical (unpaired) electrons. The highest BCUT2D eigenvalue weighted by Gasteiger charge is 2.60. The van der Waals surface area contributed by atoms with E-state index in [-0.39, 0.29) is 30.2 Å². The van der Waals surface area contributed by atoms with E-state index in [4.69, 9.17) is 9.47 Å². The first-order valence-corrected chi connectivity index (χ1v) is 12.7. The lowest BCUT2D eigenvalue weighted by atomic mass is 9.79. The molecular formula is C24H22N2O7S2. The lowest BCUT2D eigenvalue weighted by Crippen LogP contribution is -2.63. The second-order valence-corrected chi connectivity index (χ2v) is 10.3. The largest absolute Gasteiger partial charge is 0.417 e. The number of thiazole rings is 1. The topological polar surface area (TPSA) is 126 Å². The van der Waals surface area contributed by atoms with E-state index in [1.165, 1.54) is 28.0 Å². The number of benzene rings is 1. The zero-order chi connectivity index (χ0) is 24.9. The van der Waals surface area contributed by atoms with Crippen LogP contribution in [0.25, 0.3) is 6.08 Å². The van der Waals surface area contributed by atoms with Crippen LogP contribution in [-0.4, -0.2) is 50.1 Å². The number of hydrogen-bond donors (Lipinski definition) is 2. The number of rotatable bonds is 7. The van der Waals surface area contributed by atoms with Gasteiger partial charge in [-0.25, -0.2) is 14.6 Å². The van der Waals surface area contributed by atoms with Crippen LogP contribution in [0.5, 0.6) is 0 Å². The Kier molecular flexibility index (Phi) is 6.26. The van der Waals surface area contributed by atoms with Crippen molar-refractivity contribution in [3.8, 4) is 0 Å². The normalized spacial score (nSPS) is 26.0.